The van der Waals surface area contributed by atoms with Crippen LogP contribution in [0, 0.1) is 5.82 Å². The molecule has 0 amide bonds. The molecule has 0 spiro atoms. The Balaban J connectivity index is 1.94. The van der Waals surface area contributed by atoms with Crippen molar-refractivity contribution in [1.82, 2.24) is 0 Å². The van der Waals surface area contributed by atoms with Crippen LogP contribution in [-0.2, 0) is 5.33 Å². The first-order chi connectivity index (χ1) is 11.2. The number of alkyl halides is 1. The zero-order valence-electron chi connectivity index (χ0n) is 12.3. The number of hydrogen-bond acceptors (Lipinski definition) is 1. The minimum atomic E-state index is -0.404. The minimum absolute atomic E-state index is 0.168. The van der Waals surface area contributed by atoms with Crippen LogP contribution in [0.3, 0.4) is 0 Å². The van der Waals surface area contributed by atoms with Gasteiger partial charge in [0.15, 0.2) is 5.78 Å². The molecular formula is C20H14BrFO. The molecular weight excluding hydrogens is 355 g/mol. The fraction of sp³-hybridized carbons (Fsp3) is 0.0500. The van der Waals surface area contributed by atoms with Gasteiger partial charge in [-0.05, 0) is 28.8 Å². The number of ketones is 1. The van der Waals surface area contributed by atoms with Gasteiger partial charge in [0.2, 0.25) is 0 Å². The number of benzene rings is 3. The molecule has 3 aromatic carbocycles. The molecule has 23 heavy (non-hydrogen) atoms. The molecule has 0 aromatic heterocycles. The summed E-state index contributed by atoms with van der Waals surface area (Å²) in [5.41, 5.74) is 3.87. The lowest BCUT2D eigenvalue weighted by molar-refractivity contribution is 0.103. The van der Waals surface area contributed by atoms with Crippen LogP contribution in [0.4, 0.5) is 4.39 Å². The molecule has 0 aliphatic heterocycles. The quantitative estimate of drug-likeness (QED) is 0.431. The predicted molar refractivity (Wildman–Crippen MR) is 94.3 cm³/mol. The van der Waals surface area contributed by atoms with E-state index in [4.69, 9.17) is 0 Å². The van der Waals surface area contributed by atoms with Crippen molar-refractivity contribution in [2.45, 2.75) is 5.33 Å². The van der Waals surface area contributed by atoms with E-state index in [9.17, 15) is 9.18 Å². The molecule has 3 aromatic rings. The van der Waals surface area contributed by atoms with E-state index in [0.29, 0.717) is 16.5 Å². The second-order valence-electron chi connectivity index (χ2n) is 5.21. The van der Waals surface area contributed by atoms with Crippen LogP contribution >= 0.6 is 15.9 Å². The molecule has 0 bridgehead atoms. The molecule has 0 radical (unpaired) electrons. The van der Waals surface area contributed by atoms with Gasteiger partial charge >= 0.3 is 0 Å². The topological polar surface area (TPSA) is 17.1 Å². The summed E-state index contributed by atoms with van der Waals surface area (Å²) in [5.74, 6) is -0.572. The Morgan fingerprint density at radius 1 is 0.870 bits per heavy atom. The SMILES string of the molecule is O=C(c1ccc(-c2ccccc2)cc1)c1cc(F)ccc1CBr. The van der Waals surface area contributed by atoms with Gasteiger partial charge in [-0.3, -0.25) is 4.79 Å². The van der Waals surface area contributed by atoms with Gasteiger partial charge in [0.05, 0.1) is 0 Å². The third-order valence-electron chi connectivity index (χ3n) is 3.71. The van der Waals surface area contributed by atoms with Crippen molar-refractivity contribution >= 4 is 21.7 Å². The Kier molecular flexibility index (Phi) is 4.68. The van der Waals surface area contributed by atoms with Gasteiger partial charge in [-0.1, -0.05) is 76.6 Å². The summed E-state index contributed by atoms with van der Waals surface area (Å²) < 4.78 is 13.5. The molecule has 114 valence electrons. The number of carbonyl (C=O) groups excluding carboxylic acids is 1. The van der Waals surface area contributed by atoms with Gasteiger partial charge in [0.1, 0.15) is 5.82 Å². The van der Waals surface area contributed by atoms with Crippen molar-refractivity contribution in [3.05, 3.63) is 95.3 Å². The average molecular weight is 369 g/mol. The molecule has 0 N–H and O–H groups in total. The number of halogens is 2. The number of carbonyl (C=O) groups is 1. The van der Waals surface area contributed by atoms with Gasteiger partial charge < -0.3 is 0 Å². The fourth-order valence-corrected chi connectivity index (χ4v) is 2.97. The number of rotatable bonds is 4. The highest BCUT2D eigenvalue weighted by molar-refractivity contribution is 9.08. The summed E-state index contributed by atoms with van der Waals surface area (Å²) in [6, 6.07) is 21.6. The lowest BCUT2D eigenvalue weighted by atomic mass is 9.97. The van der Waals surface area contributed by atoms with E-state index in [-0.39, 0.29) is 5.78 Å². The highest BCUT2D eigenvalue weighted by atomic mass is 79.9. The van der Waals surface area contributed by atoms with E-state index >= 15 is 0 Å². The van der Waals surface area contributed by atoms with Crippen LogP contribution in [0.15, 0.2) is 72.8 Å². The normalized spacial score (nSPS) is 10.5. The second-order valence-corrected chi connectivity index (χ2v) is 5.77. The molecule has 1 nitrogen and oxygen atoms in total. The number of hydrogen-bond donors (Lipinski definition) is 0. The van der Waals surface area contributed by atoms with Crippen LogP contribution in [-0.4, -0.2) is 5.78 Å². The highest BCUT2D eigenvalue weighted by Gasteiger charge is 2.14. The molecule has 0 saturated heterocycles. The molecule has 3 rings (SSSR count). The molecule has 0 saturated carbocycles. The van der Waals surface area contributed by atoms with E-state index in [2.05, 4.69) is 15.9 Å². The zero-order chi connectivity index (χ0) is 16.2. The molecule has 0 heterocycles. The lowest BCUT2D eigenvalue weighted by Crippen LogP contribution is -2.05. The smallest absolute Gasteiger partial charge is 0.193 e. The third kappa shape index (κ3) is 3.40. The molecule has 0 fully saturated rings. The Morgan fingerprint density at radius 3 is 2.17 bits per heavy atom. The van der Waals surface area contributed by atoms with Crippen LogP contribution in [0.1, 0.15) is 21.5 Å². The van der Waals surface area contributed by atoms with Gasteiger partial charge in [-0.25, -0.2) is 4.39 Å². The highest BCUT2D eigenvalue weighted by Crippen LogP contribution is 2.22. The van der Waals surface area contributed by atoms with Crippen LogP contribution in [0.25, 0.3) is 11.1 Å². The van der Waals surface area contributed by atoms with Crippen molar-refractivity contribution in [3.63, 3.8) is 0 Å². The molecule has 0 atom stereocenters. The Bertz CT molecular complexity index is 826. The summed E-state index contributed by atoms with van der Waals surface area (Å²) in [4.78, 5) is 12.6. The maximum atomic E-state index is 13.5. The zero-order valence-corrected chi connectivity index (χ0v) is 13.9. The van der Waals surface area contributed by atoms with Crippen molar-refractivity contribution in [2.24, 2.45) is 0 Å². The van der Waals surface area contributed by atoms with Gasteiger partial charge in [-0.2, -0.15) is 0 Å². The summed E-state index contributed by atoms with van der Waals surface area (Å²) in [6.07, 6.45) is 0. The molecule has 0 aliphatic carbocycles. The molecule has 3 heteroatoms. The summed E-state index contributed by atoms with van der Waals surface area (Å²) >= 11 is 3.34. The van der Waals surface area contributed by atoms with Crippen LogP contribution in [0.2, 0.25) is 0 Å². The van der Waals surface area contributed by atoms with Gasteiger partial charge in [0.25, 0.3) is 0 Å². The maximum absolute atomic E-state index is 13.5. The first-order valence-electron chi connectivity index (χ1n) is 7.23. The standard InChI is InChI=1S/C20H14BrFO/c21-13-17-10-11-18(22)12-19(17)20(23)16-8-6-15(7-9-16)14-4-2-1-3-5-14/h1-12H,13H2. The first-order valence-corrected chi connectivity index (χ1v) is 8.36. The third-order valence-corrected chi connectivity index (χ3v) is 4.32. The van der Waals surface area contributed by atoms with E-state index in [1.54, 1.807) is 18.2 Å². The van der Waals surface area contributed by atoms with Crippen molar-refractivity contribution < 1.29 is 9.18 Å². The Labute approximate surface area is 142 Å². The first kappa shape index (κ1) is 15.6. The Hall–Kier alpha value is -2.26. The fourth-order valence-electron chi connectivity index (χ4n) is 2.48. The van der Waals surface area contributed by atoms with E-state index < -0.39 is 5.82 Å². The van der Waals surface area contributed by atoms with E-state index in [1.165, 1.54) is 12.1 Å². The van der Waals surface area contributed by atoms with E-state index in [1.807, 2.05) is 42.5 Å². The van der Waals surface area contributed by atoms with Crippen molar-refractivity contribution in [1.29, 1.82) is 0 Å². The predicted octanol–water partition coefficient (Wildman–Crippen LogP) is 5.62. The minimum Gasteiger partial charge on any atom is -0.289 e. The molecule has 0 aliphatic rings. The Morgan fingerprint density at radius 2 is 1.52 bits per heavy atom. The molecule has 0 unspecified atom stereocenters. The largest absolute Gasteiger partial charge is 0.289 e. The average Bonchev–Trinajstić information content (AvgIpc) is 2.62. The van der Waals surface area contributed by atoms with E-state index in [0.717, 1.165) is 16.7 Å². The maximum Gasteiger partial charge on any atom is 0.193 e. The van der Waals surface area contributed by atoms with Crippen molar-refractivity contribution in [3.8, 4) is 11.1 Å². The van der Waals surface area contributed by atoms with Crippen LogP contribution < -0.4 is 0 Å². The van der Waals surface area contributed by atoms with Gasteiger partial charge in [0, 0.05) is 16.5 Å². The lowest BCUT2D eigenvalue weighted by Gasteiger charge is -2.08. The van der Waals surface area contributed by atoms with Crippen molar-refractivity contribution in [2.75, 3.05) is 0 Å². The van der Waals surface area contributed by atoms with Crippen LogP contribution in [0.5, 0.6) is 0 Å². The summed E-state index contributed by atoms with van der Waals surface area (Å²) in [6.45, 7) is 0. The summed E-state index contributed by atoms with van der Waals surface area (Å²) in [5, 5.41) is 0.510. The van der Waals surface area contributed by atoms with Gasteiger partial charge in [-0.15, -0.1) is 0 Å². The summed E-state index contributed by atoms with van der Waals surface area (Å²) in [7, 11) is 0. The second kappa shape index (κ2) is 6.88. The monoisotopic (exact) mass is 368 g/mol.